The van der Waals surface area contributed by atoms with Crippen molar-refractivity contribution in [3.05, 3.63) is 16.5 Å². The molecule has 1 aromatic heterocycles. The van der Waals surface area contributed by atoms with E-state index in [2.05, 4.69) is 15.9 Å². The summed E-state index contributed by atoms with van der Waals surface area (Å²) in [5, 5.41) is 0. The van der Waals surface area contributed by atoms with E-state index in [0.717, 1.165) is 24.2 Å². The van der Waals surface area contributed by atoms with Crippen LogP contribution in [-0.4, -0.2) is 30.6 Å². The third-order valence-corrected chi connectivity index (χ3v) is 7.04. The maximum atomic E-state index is 12.2. The molecule has 2 rings (SSSR count). The molecule has 0 bridgehead atoms. The van der Waals surface area contributed by atoms with Gasteiger partial charge in [0.15, 0.2) is 0 Å². The summed E-state index contributed by atoms with van der Waals surface area (Å²) in [7, 11) is -3.32. The number of alkyl halides is 1. The molecule has 90 valence electrons. The molecule has 1 fully saturated rings. The van der Waals surface area contributed by atoms with E-state index in [1.807, 2.05) is 0 Å². The van der Waals surface area contributed by atoms with Gasteiger partial charge in [0, 0.05) is 17.9 Å². The Morgan fingerprint density at radius 3 is 2.50 bits per heavy atom. The lowest BCUT2D eigenvalue weighted by Crippen LogP contribution is -2.38. The van der Waals surface area contributed by atoms with Gasteiger partial charge in [-0.3, -0.25) is 0 Å². The summed E-state index contributed by atoms with van der Waals surface area (Å²) in [6.07, 6.45) is 1.72. The molecule has 2 heterocycles. The van der Waals surface area contributed by atoms with Gasteiger partial charge in [-0.2, -0.15) is 4.31 Å². The third kappa shape index (κ3) is 2.61. The van der Waals surface area contributed by atoms with Crippen molar-refractivity contribution in [1.82, 2.24) is 4.31 Å². The molecule has 0 unspecified atom stereocenters. The van der Waals surface area contributed by atoms with Crippen molar-refractivity contribution in [2.75, 3.05) is 13.1 Å². The summed E-state index contributed by atoms with van der Waals surface area (Å²) >= 11 is 10.4. The zero-order chi connectivity index (χ0) is 11.8. The predicted molar refractivity (Wildman–Crippen MR) is 70.0 cm³/mol. The molecular formula is C9H11BrClNO2S2. The smallest absolute Gasteiger partial charge is 0.206 e. The van der Waals surface area contributed by atoms with Gasteiger partial charge in [-0.25, -0.2) is 8.42 Å². The first-order valence-electron chi connectivity index (χ1n) is 4.90. The predicted octanol–water partition coefficient (Wildman–Crippen LogP) is 2.95. The zero-order valence-corrected chi connectivity index (χ0v) is 12.4. The Morgan fingerprint density at radius 1 is 1.38 bits per heavy atom. The number of nitrogens with zero attached hydrogens (tertiary/aromatic N) is 1. The highest BCUT2D eigenvalue weighted by Gasteiger charge is 2.29. The summed E-state index contributed by atoms with van der Waals surface area (Å²) < 4.78 is 26.7. The second-order valence-electron chi connectivity index (χ2n) is 3.64. The van der Waals surface area contributed by atoms with E-state index in [-0.39, 0.29) is 0 Å². The van der Waals surface area contributed by atoms with E-state index in [9.17, 15) is 8.42 Å². The van der Waals surface area contributed by atoms with Crippen LogP contribution in [0.15, 0.2) is 16.3 Å². The van der Waals surface area contributed by atoms with Gasteiger partial charge in [0.2, 0.25) is 0 Å². The minimum absolute atomic E-state index is 0.338. The van der Waals surface area contributed by atoms with Crippen LogP contribution in [-0.2, 0) is 10.0 Å². The normalized spacial score (nSPS) is 20.1. The summed E-state index contributed by atoms with van der Waals surface area (Å²) in [6.45, 7) is 1.15. The number of thiophene rings is 1. The van der Waals surface area contributed by atoms with Crippen LogP contribution in [0.25, 0.3) is 0 Å². The van der Waals surface area contributed by atoms with Crippen LogP contribution in [0.5, 0.6) is 0 Å². The third-order valence-electron chi connectivity index (χ3n) is 2.53. The van der Waals surface area contributed by atoms with E-state index in [4.69, 9.17) is 11.6 Å². The van der Waals surface area contributed by atoms with Gasteiger partial charge in [-0.15, -0.1) is 11.3 Å². The molecule has 0 radical (unpaired) electrons. The maximum absolute atomic E-state index is 12.2. The summed E-state index contributed by atoms with van der Waals surface area (Å²) in [5.74, 6) is 0. The highest BCUT2D eigenvalue weighted by molar-refractivity contribution is 9.09. The van der Waals surface area contributed by atoms with Crippen LogP contribution in [0.3, 0.4) is 0 Å². The second-order valence-corrected chi connectivity index (χ2v) is 8.81. The van der Waals surface area contributed by atoms with E-state index >= 15 is 0 Å². The molecule has 16 heavy (non-hydrogen) atoms. The van der Waals surface area contributed by atoms with Crippen molar-refractivity contribution in [2.45, 2.75) is 21.9 Å². The van der Waals surface area contributed by atoms with Crippen LogP contribution in [0.2, 0.25) is 4.34 Å². The Labute approximate surface area is 113 Å². The van der Waals surface area contributed by atoms with Crippen molar-refractivity contribution in [3.8, 4) is 0 Å². The molecule has 1 aliphatic heterocycles. The van der Waals surface area contributed by atoms with Crippen molar-refractivity contribution < 1.29 is 8.42 Å². The Kier molecular flexibility index (Phi) is 3.96. The van der Waals surface area contributed by atoms with E-state index < -0.39 is 10.0 Å². The molecule has 1 aromatic rings. The van der Waals surface area contributed by atoms with Gasteiger partial charge in [0.05, 0.1) is 4.34 Å². The molecular weight excluding hydrogens is 334 g/mol. The first-order valence-corrected chi connectivity index (χ1v) is 8.45. The van der Waals surface area contributed by atoms with Crippen molar-refractivity contribution in [2.24, 2.45) is 0 Å². The first-order chi connectivity index (χ1) is 7.50. The van der Waals surface area contributed by atoms with Crippen molar-refractivity contribution >= 4 is 48.9 Å². The largest absolute Gasteiger partial charge is 0.252 e. The number of halogens is 2. The topological polar surface area (TPSA) is 37.4 Å². The fourth-order valence-electron chi connectivity index (χ4n) is 1.63. The van der Waals surface area contributed by atoms with Crippen LogP contribution in [0, 0.1) is 0 Å². The molecule has 0 N–H and O–H groups in total. The second kappa shape index (κ2) is 4.94. The van der Waals surface area contributed by atoms with Crippen LogP contribution in [0.4, 0.5) is 0 Å². The monoisotopic (exact) mass is 343 g/mol. The number of sulfonamides is 1. The van der Waals surface area contributed by atoms with Gasteiger partial charge in [0.25, 0.3) is 10.0 Å². The van der Waals surface area contributed by atoms with Gasteiger partial charge in [-0.1, -0.05) is 27.5 Å². The average molecular weight is 345 g/mol. The zero-order valence-electron chi connectivity index (χ0n) is 8.40. The minimum atomic E-state index is -3.32. The number of hydrogen-bond donors (Lipinski definition) is 0. The summed E-state index contributed by atoms with van der Waals surface area (Å²) in [4.78, 5) is 0.436. The Morgan fingerprint density at radius 2 is 2.00 bits per heavy atom. The first kappa shape index (κ1) is 12.8. The Hall–Kier alpha value is 0.380. The number of piperidine rings is 1. The fraction of sp³-hybridized carbons (Fsp3) is 0.556. The van der Waals surface area contributed by atoms with Crippen LogP contribution < -0.4 is 0 Å². The molecule has 0 amide bonds. The summed E-state index contributed by atoms with van der Waals surface area (Å²) in [6, 6.07) is 3.19. The number of hydrogen-bond acceptors (Lipinski definition) is 3. The highest BCUT2D eigenvalue weighted by Crippen LogP contribution is 2.30. The van der Waals surface area contributed by atoms with Gasteiger partial charge in [-0.05, 0) is 25.0 Å². The number of rotatable bonds is 2. The van der Waals surface area contributed by atoms with Crippen LogP contribution in [0.1, 0.15) is 12.8 Å². The van der Waals surface area contributed by atoms with Crippen LogP contribution >= 0.6 is 38.9 Å². The molecule has 0 spiro atoms. The standard InChI is InChI=1S/C9H11BrClNO2S2/c10-7-3-5-12(6-4-7)16(13,14)9-2-1-8(11)15-9/h1-2,7H,3-6H2. The Bertz CT molecular complexity index is 466. The minimum Gasteiger partial charge on any atom is -0.206 e. The lowest BCUT2D eigenvalue weighted by Gasteiger charge is -2.28. The van der Waals surface area contributed by atoms with Crippen molar-refractivity contribution in [1.29, 1.82) is 0 Å². The Balaban J connectivity index is 2.20. The molecule has 3 nitrogen and oxygen atoms in total. The molecule has 0 aromatic carbocycles. The van der Waals surface area contributed by atoms with Crippen molar-refractivity contribution in [3.63, 3.8) is 0 Å². The maximum Gasteiger partial charge on any atom is 0.252 e. The van der Waals surface area contributed by atoms with E-state index in [1.165, 1.54) is 4.31 Å². The SMILES string of the molecule is O=S(=O)(c1ccc(Cl)s1)N1CCC(Br)CC1. The lowest BCUT2D eigenvalue weighted by atomic mass is 10.2. The lowest BCUT2D eigenvalue weighted by molar-refractivity contribution is 0.355. The molecule has 7 heteroatoms. The molecule has 0 atom stereocenters. The molecule has 1 saturated heterocycles. The molecule has 0 saturated carbocycles. The van der Waals surface area contributed by atoms with Gasteiger partial charge >= 0.3 is 0 Å². The van der Waals surface area contributed by atoms with E-state index in [0.29, 0.717) is 26.5 Å². The molecule has 0 aliphatic carbocycles. The molecule has 1 aliphatic rings. The van der Waals surface area contributed by atoms with Gasteiger partial charge < -0.3 is 0 Å². The summed E-state index contributed by atoms with van der Waals surface area (Å²) in [5.41, 5.74) is 0. The van der Waals surface area contributed by atoms with Gasteiger partial charge in [0.1, 0.15) is 4.21 Å². The average Bonchev–Trinajstić information content (AvgIpc) is 2.66. The highest BCUT2D eigenvalue weighted by atomic mass is 79.9. The quantitative estimate of drug-likeness (QED) is 0.774. The van der Waals surface area contributed by atoms with E-state index in [1.54, 1.807) is 12.1 Å². The fourth-order valence-corrected chi connectivity index (χ4v) is 5.14.